The van der Waals surface area contributed by atoms with Crippen LogP contribution in [0.1, 0.15) is 24.1 Å². The summed E-state index contributed by atoms with van der Waals surface area (Å²) in [6, 6.07) is 3.40. The van der Waals surface area contributed by atoms with Gasteiger partial charge in [0.1, 0.15) is 0 Å². The lowest BCUT2D eigenvalue weighted by atomic mass is 9.66. The second-order valence-corrected chi connectivity index (χ2v) is 6.17. The molecule has 0 saturated carbocycles. The van der Waals surface area contributed by atoms with Gasteiger partial charge in [-0.05, 0) is 24.3 Å². The number of hydrogen-bond acceptors (Lipinski definition) is 7. The highest BCUT2D eigenvalue weighted by atomic mass is 32.1. The predicted molar refractivity (Wildman–Crippen MR) is 83.7 cm³/mol. The van der Waals surface area contributed by atoms with E-state index < -0.39 is 25.1 Å². The highest BCUT2D eigenvalue weighted by Gasteiger charge is 2.36. The predicted octanol–water partition coefficient (Wildman–Crippen LogP) is 0.547. The van der Waals surface area contributed by atoms with Gasteiger partial charge < -0.3 is 25.3 Å². The number of oxime groups is 1. The van der Waals surface area contributed by atoms with E-state index in [1.165, 1.54) is 11.3 Å². The van der Waals surface area contributed by atoms with E-state index in [4.69, 9.17) is 15.0 Å². The molecule has 0 unspecified atom stereocenters. The lowest BCUT2D eigenvalue weighted by molar-refractivity contribution is -0.139. The van der Waals surface area contributed by atoms with Crippen LogP contribution < -0.4 is 5.32 Å². The molecule has 2 atom stereocenters. The van der Waals surface area contributed by atoms with Crippen molar-refractivity contribution in [3.63, 3.8) is 0 Å². The van der Waals surface area contributed by atoms with Crippen LogP contribution in [0.4, 0.5) is 0 Å². The summed E-state index contributed by atoms with van der Waals surface area (Å²) in [5, 5.41) is 35.0. The molecule has 0 aliphatic carbocycles. The molecule has 1 aliphatic rings. The van der Waals surface area contributed by atoms with Crippen LogP contribution in [0.5, 0.6) is 0 Å². The summed E-state index contributed by atoms with van der Waals surface area (Å²) in [6.07, 6.45) is 0.352. The number of carbonyl (C=O) groups is 2. The van der Waals surface area contributed by atoms with Crippen molar-refractivity contribution in [2.24, 2.45) is 5.16 Å². The fourth-order valence-electron chi connectivity index (χ4n) is 2.39. The van der Waals surface area contributed by atoms with Crippen LogP contribution in [0.2, 0.25) is 5.82 Å². The number of thiophene rings is 1. The summed E-state index contributed by atoms with van der Waals surface area (Å²) >= 11 is 1.27. The van der Waals surface area contributed by atoms with Gasteiger partial charge in [-0.15, -0.1) is 11.3 Å². The molecule has 1 saturated heterocycles. The van der Waals surface area contributed by atoms with E-state index in [0.717, 1.165) is 0 Å². The summed E-state index contributed by atoms with van der Waals surface area (Å²) in [4.78, 5) is 23.2. The molecule has 1 aromatic heterocycles. The van der Waals surface area contributed by atoms with E-state index in [9.17, 15) is 14.6 Å². The molecule has 23 heavy (non-hydrogen) atoms. The molecule has 0 aromatic carbocycles. The average Bonchev–Trinajstić information content (AvgIpc) is 3.00. The molecule has 1 aliphatic heterocycles. The number of aliphatic carboxylic acids is 1. The zero-order chi connectivity index (χ0) is 16.8. The normalized spacial score (nSPS) is 22.0. The topological polar surface area (TPSA) is 128 Å². The van der Waals surface area contributed by atoms with Crippen molar-refractivity contribution in [1.29, 1.82) is 0 Å². The van der Waals surface area contributed by atoms with Crippen LogP contribution in [0.25, 0.3) is 0 Å². The number of nitrogens with one attached hydrogen (secondary N) is 1. The Morgan fingerprint density at radius 2 is 2.26 bits per heavy atom. The molecule has 0 radical (unpaired) electrons. The first kappa shape index (κ1) is 17.4. The molecule has 8 nitrogen and oxygen atoms in total. The number of hydrogen-bond donors (Lipinski definition) is 4. The van der Waals surface area contributed by atoms with Gasteiger partial charge in [0.05, 0.1) is 17.4 Å². The Kier molecular flexibility index (Phi) is 6.14. The molecule has 1 amide bonds. The lowest BCUT2D eigenvalue weighted by Gasteiger charge is -2.30. The Morgan fingerprint density at radius 3 is 2.83 bits per heavy atom. The highest BCUT2D eigenvalue weighted by molar-refractivity contribution is 7.13. The molecule has 2 rings (SSSR count). The zero-order valence-electron chi connectivity index (χ0n) is 12.2. The van der Waals surface area contributed by atoms with Crippen molar-refractivity contribution < 1.29 is 29.6 Å². The number of carboxylic acid groups (broad SMARTS) is 1. The Hall–Kier alpha value is -1.91. The van der Waals surface area contributed by atoms with Gasteiger partial charge in [0.15, 0.2) is 5.71 Å². The van der Waals surface area contributed by atoms with Gasteiger partial charge in [-0.1, -0.05) is 11.2 Å². The lowest BCUT2D eigenvalue weighted by Crippen LogP contribution is -2.43. The van der Waals surface area contributed by atoms with E-state index in [2.05, 4.69) is 10.5 Å². The summed E-state index contributed by atoms with van der Waals surface area (Å²) in [7, 11) is -1.13. The van der Waals surface area contributed by atoms with Gasteiger partial charge in [-0.3, -0.25) is 9.59 Å². The summed E-state index contributed by atoms with van der Waals surface area (Å²) in [6.45, 7) is 0.143. The van der Waals surface area contributed by atoms with E-state index >= 15 is 0 Å². The molecule has 0 bridgehead atoms. The smallest absolute Gasteiger partial charge is 0.459 e. The first-order chi connectivity index (χ1) is 11.0. The minimum absolute atomic E-state index is 0.0880. The van der Waals surface area contributed by atoms with Crippen LogP contribution in [-0.4, -0.2) is 52.7 Å². The monoisotopic (exact) mass is 340 g/mol. The quantitative estimate of drug-likeness (QED) is 0.259. The van der Waals surface area contributed by atoms with E-state index in [-0.39, 0.29) is 24.5 Å². The third kappa shape index (κ3) is 4.78. The Bertz CT molecular complexity index is 579. The zero-order valence-corrected chi connectivity index (χ0v) is 13.0. The Labute approximate surface area is 136 Å². The molecular formula is C13H17BN2O6S. The second-order valence-electron chi connectivity index (χ2n) is 5.22. The SMILES string of the molecule is O=C(O)C[C@@H]1CC[C@H](CNC(=O)/C(=N\O)c2cccs2)B(O)O1. The average molecular weight is 340 g/mol. The van der Waals surface area contributed by atoms with Crippen LogP contribution in [-0.2, 0) is 14.2 Å². The van der Waals surface area contributed by atoms with E-state index in [1.54, 1.807) is 17.5 Å². The number of amides is 1. The summed E-state index contributed by atoms with van der Waals surface area (Å²) in [5.74, 6) is -1.87. The van der Waals surface area contributed by atoms with Gasteiger partial charge in [0, 0.05) is 12.4 Å². The summed E-state index contributed by atoms with van der Waals surface area (Å²) < 4.78 is 5.25. The van der Waals surface area contributed by atoms with Crippen molar-refractivity contribution in [2.75, 3.05) is 6.54 Å². The van der Waals surface area contributed by atoms with Gasteiger partial charge in [-0.25, -0.2) is 0 Å². The fraction of sp³-hybridized carbons (Fsp3) is 0.462. The number of nitrogens with zero attached hydrogens (tertiary/aromatic N) is 1. The number of carbonyl (C=O) groups excluding carboxylic acids is 1. The first-order valence-electron chi connectivity index (χ1n) is 7.10. The molecule has 1 aromatic rings. The second kappa shape index (κ2) is 8.09. The largest absolute Gasteiger partial charge is 0.481 e. The van der Waals surface area contributed by atoms with Crippen LogP contribution in [0.15, 0.2) is 22.7 Å². The van der Waals surface area contributed by atoms with Gasteiger partial charge in [0.2, 0.25) is 0 Å². The maximum absolute atomic E-state index is 12.0. The van der Waals surface area contributed by atoms with Crippen molar-refractivity contribution in [3.8, 4) is 0 Å². The van der Waals surface area contributed by atoms with Crippen LogP contribution >= 0.6 is 11.3 Å². The van der Waals surface area contributed by atoms with Crippen molar-refractivity contribution >= 4 is 36.0 Å². The molecule has 10 heteroatoms. The minimum Gasteiger partial charge on any atom is -0.481 e. The number of carboxylic acids is 1. The molecule has 124 valence electrons. The maximum Gasteiger partial charge on any atom is 0.459 e. The standard InChI is InChI=1S/C13H17BN2O6S/c17-11(18)6-9-4-3-8(14(20)22-9)7-15-13(19)12(16-21)10-2-1-5-23-10/h1-2,5,8-9,20-21H,3-4,6-7H2,(H,15,19)(H,17,18)/b16-12-/t8-,9+/m1/s1. The van der Waals surface area contributed by atoms with Crippen molar-refractivity contribution in [2.45, 2.75) is 31.2 Å². The molecule has 4 N–H and O–H groups in total. The van der Waals surface area contributed by atoms with Crippen LogP contribution in [0.3, 0.4) is 0 Å². The van der Waals surface area contributed by atoms with Crippen molar-refractivity contribution in [1.82, 2.24) is 5.32 Å². The van der Waals surface area contributed by atoms with E-state index in [1.807, 2.05) is 0 Å². The Balaban J connectivity index is 1.84. The molecule has 0 spiro atoms. The fourth-order valence-corrected chi connectivity index (χ4v) is 3.10. The first-order valence-corrected chi connectivity index (χ1v) is 7.98. The number of rotatable bonds is 6. The highest BCUT2D eigenvalue weighted by Crippen LogP contribution is 2.27. The molecule has 2 heterocycles. The summed E-state index contributed by atoms with van der Waals surface area (Å²) in [5.41, 5.74) is -0.0880. The van der Waals surface area contributed by atoms with Gasteiger partial charge >= 0.3 is 13.1 Å². The maximum atomic E-state index is 12.0. The van der Waals surface area contributed by atoms with E-state index in [0.29, 0.717) is 17.7 Å². The van der Waals surface area contributed by atoms with Gasteiger partial charge in [-0.2, -0.15) is 0 Å². The Morgan fingerprint density at radius 1 is 1.48 bits per heavy atom. The third-order valence-electron chi connectivity index (χ3n) is 3.59. The van der Waals surface area contributed by atoms with Crippen LogP contribution in [0, 0.1) is 0 Å². The third-order valence-corrected chi connectivity index (χ3v) is 4.47. The van der Waals surface area contributed by atoms with Gasteiger partial charge in [0.25, 0.3) is 5.91 Å². The molecule has 1 fully saturated rings. The molecular weight excluding hydrogens is 323 g/mol. The minimum atomic E-state index is -1.13. The van der Waals surface area contributed by atoms with Crippen molar-refractivity contribution in [3.05, 3.63) is 22.4 Å².